The second kappa shape index (κ2) is 5.27. The van der Waals surface area contributed by atoms with Crippen molar-refractivity contribution in [1.29, 1.82) is 0 Å². The normalized spacial score (nSPS) is 22.2. The van der Waals surface area contributed by atoms with Gasteiger partial charge in [0.2, 0.25) is 0 Å². The number of anilines is 1. The molecule has 1 aliphatic rings. The van der Waals surface area contributed by atoms with Gasteiger partial charge in [-0.05, 0) is 37.1 Å². The first-order valence-electron chi connectivity index (χ1n) is 5.94. The fraction of sp³-hybridized carbons (Fsp3) is 0.385. The molecule has 102 valence electrons. The van der Waals surface area contributed by atoms with E-state index in [9.17, 15) is 14.7 Å². The minimum absolute atomic E-state index is 0.118. The van der Waals surface area contributed by atoms with Crippen molar-refractivity contribution in [3.63, 3.8) is 0 Å². The summed E-state index contributed by atoms with van der Waals surface area (Å²) in [4.78, 5) is 24.3. The molecule has 2 atom stereocenters. The zero-order valence-corrected chi connectivity index (χ0v) is 10.4. The number of nitrogens with zero attached hydrogens (tertiary/aromatic N) is 1. The van der Waals surface area contributed by atoms with Crippen LogP contribution in [-0.2, 0) is 14.3 Å². The van der Waals surface area contributed by atoms with Crippen LogP contribution in [0.5, 0.6) is 5.75 Å². The van der Waals surface area contributed by atoms with E-state index in [1.165, 1.54) is 17.0 Å². The summed E-state index contributed by atoms with van der Waals surface area (Å²) < 4.78 is 5.21. The standard InChI is InChI=1S/C13H15NO5/c1-14(8-2-4-9(15)5-3-8)12(16)10-6-7-11(19-10)13(17)18/h2-5,10-11,15H,6-7H2,1H3,(H,17,18). The molecule has 0 saturated carbocycles. The Kier molecular flexibility index (Phi) is 3.71. The molecule has 0 aromatic heterocycles. The fourth-order valence-electron chi connectivity index (χ4n) is 2.02. The predicted octanol–water partition coefficient (Wildman–Crippen LogP) is 0.987. The minimum Gasteiger partial charge on any atom is -0.508 e. The Balaban J connectivity index is 2.04. The first-order chi connectivity index (χ1) is 8.99. The van der Waals surface area contributed by atoms with Gasteiger partial charge in [0.1, 0.15) is 11.9 Å². The minimum atomic E-state index is -1.04. The highest BCUT2D eigenvalue weighted by molar-refractivity contribution is 5.96. The third kappa shape index (κ3) is 2.85. The third-order valence-corrected chi connectivity index (χ3v) is 3.14. The Morgan fingerprint density at radius 2 is 1.79 bits per heavy atom. The van der Waals surface area contributed by atoms with Gasteiger partial charge in [0, 0.05) is 12.7 Å². The Morgan fingerprint density at radius 3 is 2.32 bits per heavy atom. The van der Waals surface area contributed by atoms with Crippen LogP contribution in [0.15, 0.2) is 24.3 Å². The number of carboxylic acids is 1. The van der Waals surface area contributed by atoms with Crippen LogP contribution < -0.4 is 4.90 Å². The molecule has 2 N–H and O–H groups in total. The number of ether oxygens (including phenoxy) is 1. The summed E-state index contributed by atoms with van der Waals surface area (Å²) >= 11 is 0. The molecule has 1 saturated heterocycles. The van der Waals surface area contributed by atoms with Crippen molar-refractivity contribution >= 4 is 17.6 Å². The van der Waals surface area contributed by atoms with Crippen LogP contribution in [0.2, 0.25) is 0 Å². The molecule has 1 aromatic rings. The average Bonchev–Trinajstić information content (AvgIpc) is 2.87. The molecule has 2 rings (SSSR count). The van der Waals surface area contributed by atoms with Crippen LogP contribution in [0, 0.1) is 0 Å². The number of hydrogen-bond donors (Lipinski definition) is 2. The molecule has 2 unspecified atom stereocenters. The lowest BCUT2D eigenvalue weighted by atomic mass is 10.1. The largest absolute Gasteiger partial charge is 0.508 e. The number of aromatic hydroxyl groups is 1. The summed E-state index contributed by atoms with van der Waals surface area (Å²) in [6.45, 7) is 0. The Labute approximate surface area is 110 Å². The van der Waals surface area contributed by atoms with E-state index in [4.69, 9.17) is 9.84 Å². The van der Waals surface area contributed by atoms with E-state index in [1.54, 1.807) is 19.2 Å². The van der Waals surface area contributed by atoms with Crippen LogP contribution in [0.1, 0.15) is 12.8 Å². The van der Waals surface area contributed by atoms with Gasteiger partial charge in [0.25, 0.3) is 5.91 Å². The smallest absolute Gasteiger partial charge is 0.332 e. The fourth-order valence-corrected chi connectivity index (χ4v) is 2.02. The number of aliphatic carboxylic acids is 1. The van der Waals surface area contributed by atoms with E-state index >= 15 is 0 Å². The lowest BCUT2D eigenvalue weighted by molar-refractivity contribution is -0.151. The van der Waals surface area contributed by atoms with Crippen molar-refractivity contribution in [3.8, 4) is 5.75 Å². The number of benzene rings is 1. The average molecular weight is 265 g/mol. The number of phenolic OH excluding ortho intramolecular Hbond substituents is 1. The number of amides is 1. The number of hydrogen-bond acceptors (Lipinski definition) is 4. The van der Waals surface area contributed by atoms with Crippen LogP contribution in [0.3, 0.4) is 0 Å². The Bertz CT molecular complexity index is 484. The van der Waals surface area contributed by atoms with Gasteiger partial charge in [0.05, 0.1) is 0 Å². The number of carbonyl (C=O) groups excluding carboxylic acids is 1. The Hall–Kier alpha value is -2.08. The maximum Gasteiger partial charge on any atom is 0.332 e. The second-order valence-electron chi connectivity index (χ2n) is 4.44. The molecule has 6 nitrogen and oxygen atoms in total. The van der Waals surface area contributed by atoms with Gasteiger partial charge in [-0.25, -0.2) is 4.79 Å². The highest BCUT2D eigenvalue weighted by atomic mass is 16.5. The summed E-state index contributed by atoms with van der Waals surface area (Å²) in [6, 6.07) is 6.18. The van der Waals surface area contributed by atoms with Gasteiger partial charge < -0.3 is 19.8 Å². The van der Waals surface area contributed by atoms with Crippen molar-refractivity contribution in [3.05, 3.63) is 24.3 Å². The van der Waals surface area contributed by atoms with E-state index in [0.717, 1.165) is 0 Å². The Morgan fingerprint density at radius 1 is 1.21 bits per heavy atom. The van der Waals surface area contributed by atoms with Crippen molar-refractivity contribution in [2.45, 2.75) is 25.0 Å². The van der Waals surface area contributed by atoms with Crippen molar-refractivity contribution in [2.24, 2.45) is 0 Å². The summed E-state index contributed by atoms with van der Waals surface area (Å²) in [6.07, 6.45) is -0.880. The summed E-state index contributed by atoms with van der Waals surface area (Å²) in [5, 5.41) is 18.0. The molecule has 1 heterocycles. The maximum absolute atomic E-state index is 12.1. The lowest BCUT2D eigenvalue weighted by Gasteiger charge is -2.21. The van der Waals surface area contributed by atoms with E-state index in [1.807, 2.05) is 0 Å². The van der Waals surface area contributed by atoms with Gasteiger partial charge in [-0.2, -0.15) is 0 Å². The molecule has 1 aliphatic heterocycles. The number of phenols is 1. The predicted molar refractivity (Wildman–Crippen MR) is 67.0 cm³/mol. The molecule has 0 aliphatic carbocycles. The highest BCUT2D eigenvalue weighted by Crippen LogP contribution is 2.24. The van der Waals surface area contributed by atoms with Gasteiger partial charge in [0.15, 0.2) is 6.10 Å². The lowest BCUT2D eigenvalue weighted by Crippen LogP contribution is -2.37. The molecule has 0 bridgehead atoms. The van der Waals surface area contributed by atoms with Gasteiger partial charge in [-0.1, -0.05) is 0 Å². The molecule has 1 aromatic carbocycles. The van der Waals surface area contributed by atoms with Gasteiger partial charge in [-0.15, -0.1) is 0 Å². The SMILES string of the molecule is CN(C(=O)C1CCC(C(=O)O)O1)c1ccc(O)cc1. The van der Waals surface area contributed by atoms with Crippen LogP contribution in [-0.4, -0.2) is 41.3 Å². The summed E-state index contributed by atoms with van der Waals surface area (Å²) in [5.74, 6) is -1.20. The molecule has 0 radical (unpaired) electrons. The van der Waals surface area contributed by atoms with Crippen molar-refractivity contribution < 1.29 is 24.5 Å². The van der Waals surface area contributed by atoms with E-state index in [2.05, 4.69) is 0 Å². The number of likely N-dealkylation sites (N-methyl/N-ethyl adjacent to an activating group) is 1. The van der Waals surface area contributed by atoms with E-state index < -0.39 is 18.2 Å². The van der Waals surface area contributed by atoms with Crippen molar-refractivity contribution in [1.82, 2.24) is 0 Å². The van der Waals surface area contributed by atoms with E-state index in [0.29, 0.717) is 18.5 Å². The molecular weight excluding hydrogens is 250 g/mol. The zero-order chi connectivity index (χ0) is 14.0. The summed E-state index contributed by atoms with van der Waals surface area (Å²) in [5.41, 5.74) is 0.616. The second-order valence-corrected chi connectivity index (χ2v) is 4.44. The van der Waals surface area contributed by atoms with Crippen LogP contribution in [0.25, 0.3) is 0 Å². The number of carboxylic acid groups (broad SMARTS) is 1. The molecular formula is C13H15NO5. The first-order valence-corrected chi connectivity index (χ1v) is 5.94. The van der Waals surface area contributed by atoms with Crippen LogP contribution >= 0.6 is 0 Å². The van der Waals surface area contributed by atoms with Gasteiger partial charge in [-0.3, -0.25) is 4.79 Å². The molecule has 19 heavy (non-hydrogen) atoms. The van der Waals surface area contributed by atoms with Crippen molar-refractivity contribution in [2.75, 3.05) is 11.9 Å². The van der Waals surface area contributed by atoms with Gasteiger partial charge >= 0.3 is 5.97 Å². The molecule has 6 heteroatoms. The molecule has 1 amide bonds. The topological polar surface area (TPSA) is 87.1 Å². The first kappa shape index (κ1) is 13.4. The maximum atomic E-state index is 12.1. The van der Waals surface area contributed by atoms with Crippen LogP contribution in [0.4, 0.5) is 5.69 Å². The quantitative estimate of drug-likeness (QED) is 0.851. The number of carbonyl (C=O) groups is 2. The third-order valence-electron chi connectivity index (χ3n) is 3.14. The summed E-state index contributed by atoms with van der Waals surface area (Å²) in [7, 11) is 1.59. The monoisotopic (exact) mass is 265 g/mol. The highest BCUT2D eigenvalue weighted by Gasteiger charge is 2.36. The zero-order valence-electron chi connectivity index (χ0n) is 10.4. The molecule has 0 spiro atoms. The molecule has 1 fully saturated rings. The van der Waals surface area contributed by atoms with E-state index in [-0.39, 0.29) is 11.7 Å². The number of rotatable bonds is 3.